The molecule has 7 heteroatoms. The standard InChI is InChI=1S/C15H16N6O/c1-19(2)12-6-14-13(20(3)15(22)21(14)4)5-11(12)18-9-10(7-16)8-17/h5-6,9,18H,1-4H3. The van der Waals surface area contributed by atoms with E-state index in [0.717, 1.165) is 16.7 Å². The zero-order valence-electron chi connectivity index (χ0n) is 12.9. The number of aryl methyl sites for hydroxylation is 2. The van der Waals surface area contributed by atoms with Gasteiger partial charge in [0.1, 0.15) is 17.7 Å². The molecule has 1 heterocycles. The fourth-order valence-corrected chi connectivity index (χ4v) is 2.26. The van der Waals surface area contributed by atoms with Crippen LogP contribution in [0.2, 0.25) is 0 Å². The van der Waals surface area contributed by atoms with E-state index >= 15 is 0 Å². The number of fused-ring (bicyclic) bond motifs is 1. The minimum atomic E-state index is -0.109. The van der Waals surface area contributed by atoms with Gasteiger partial charge < -0.3 is 10.2 Å². The van der Waals surface area contributed by atoms with Crippen LogP contribution in [0.25, 0.3) is 11.0 Å². The molecule has 0 spiro atoms. The number of benzene rings is 1. The molecule has 0 saturated heterocycles. The van der Waals surface area contributed by atoms with E-state index in [4.69, 9.17) is 10.5 Å². The molecule has 0 aliphatic rings. The minimum Gasteiger partial charge on any atom is -0.376 e. The van der Waals surface area contributed by atoms with Gasteiger partial charge in [0.25, 0.3) is 0 Å². The largest absolute Gasteiger partial charge is 0.376 e. The first-order valence-electron chi connectivity index (χ1n) is 6.54. The first-order valence-corrected chi connectivity index (χ1v) is 6.54. The summed E-state index contributed by atoms with van der Waals surface area (Å²) < 4.78 is 3.14. The minimum absolute atomic E-state index is 0.0215. The summed E-state index contributed by atoms with van der Waals surface area (Å²) in [5, 5.41) is 20.6. The van der Waals surface area contributed by atoms with Crippen molar-refractivity contribution in [1.29, 1.82) is 10.5 Å². The Labute approximate surface area is 127 Å². The lowest BCUT2D eigenvalue weighted by Gasteiger charge is -2.18. The van der Waals surface area contributed by atoms with E-state index in [1.165, 1.54) is 6.20 Å². The van der Waals surface area contributed by atoms with Crippen LogP contribution in [-0.2, 0) is 14.1 Å². The van der Waals surface area contributed by atoms with Crippen LogP contribution >= 0.6 is 0 Å². The fraction of sp³-hybridized carbons (Fsp3) is 0.267. The van der Waals surface area contributed by atoms with E-state index in [1.807, 2.05) is 31.1 Å². The summed E-state index contributed by atoms with van der Waals surface area (Å²) in [5.41, 5.74) is 3.01. The molecule has 1 aromatic heterocycles. The molecular weight excluding hydrogens is 280 g/mol. The Kier molecular flexibility index (Phi) is 3.91. The van der Waals surface area contributed by atoms with Gasteiger partial charge in [-0.15, -0.1) is 0 Å². The molecule has 7 nitrogen and oxygen atoms in total. The summed E-state index contributed by atoms with van der Waals surface area (Å²) in [4.78, 5) is 13.9. The lowest BCUT2D eigenvalue weighted by Crippen LogP contribution is -2.19. The molecule has 1 N–H and O–H groups in total. The number of aromatic nitrogens is 2. The highest BCUT2D eigenvalue weighted by atomic mass is 16.1. The highest BCUT2D eigenvalue weighted by molar-refractivity contribution is 5.89. The second-order valence-corrected chi connectivity index (χ2v) is 5.08. The quantitative estimate of drug-likeness (QED) is 0.862. The van der Waals surface area contributed by atoms with E-state index in [-0.39, 0.29) is 11.3 Å². The zero-order chi connectivity index (χ0) is 16.4. The maximum atomic E-state index is 12.0. The molecule has 0 atom stereocenters. The molecule has 2 rings (SSSR count). The Hall–Kier alpha value is -3.19. The number of anilines is 2. The third kappa shape index (κ3) is 2.40. The molecule has 0 aliphatic carbocycles. The lowest BCUT2D eigenvalue weighted by molar-refractivity contribution is 0.795. The number of allylic oxidation sites excluding steroid dienone is 1. The maximum Gasteiger partial charge on any atom is 0.328 e. The number of rotatable bonds is 3. The number of hydrogen-bond donors (Lipinski definition) is 1. The van der Waals surface area contributed by atoms with Gasteiger partial charge in [0.05, 0.1) is 22.4 Å². The van der Waals surface area contributed by atoms with Crippen LogP contribution in [0.1, 0.15) is 0 Å². The Balaban J connectivity index is 2.68. The number of nitrogens with zero attached hydrogens (tertiary/aromatic N) is 5. The Morgan fingerprint density at radius 1 is 1.18 bits per heavy atom. The predicted molar refractivity (Wildman–Crippen MR) is 85.4 cm³/mol. The Morgan fingerprint density at radius 2 is 1.73 bits per heavy atom. The number of nitrogens with one attached hydrogen (secondary N) is 1. The van der Waals surface area contributed by atoms with Gasteiger partial charge in [-0.3, -0.25) is 9.13 Å². The van der Waals surface area contributed by atoms with Crippen molar-refractivity contribution in [2.45, 2.75) is 0 Å². The summed E-state index contributed by atoms with van der Waals surface area (Å²) in [7, 11) is 7.19. The lowest BCUT2D eigenvalue weighted by atomic mass is 10.2. The van der Waals surface area contributed by atoms with Crippen LogP contribution in [-0.4, -0.2) is 23.2 Å². The summed E-state index contributed by atoms with van der Waals surface area (Å²) in [6, 6.07) is 7.32. The zero-order valence-corrected chi connectivity index (χ0v) is 12.9. The Bertz CT molecular complexity index is 885. The van der Waals surface area contributed by atoms with Crippen molar-refractivity contribution >= 4 is 22.4 Å². The third-order valence-corrected chi connectivity index (χ3v) is 3.48. The maximum absolute atomic E-state index is 12.0. The van der Waals surface area contributed by atoms with Gasteiger partial charge in [-0.05, 0) is 12.1 Å². The monoisotopic (exact) mass is 296 g/mol. The van der Waals surface area contributed by atoms with Gasteiger partial charge >= 0.3 is 5.69 Å². The van der Waals surface area contributed by atoms with Gasteiger partial charge in [-0.1, -0.05) is 0 Å². The second-order valence-electron chi connectivity index (χ2n) is 5.08. The number of nitriles is 2. The van der Waals surface area contributed by atoms with Crippen LogP contribution in [0.3, 0.4) is 0 Å². The molecule has 0 unspecified atom stereocenters. The van der Waals surface area contributed by atoms with Gasteiger partial charge in [-0.2, -0.15) is 10.5 Å². The molecule has 112 valence electrons. The van der Waals surface area contributed by atoms with Crippen molar-refractivity contribution in [3.63, 3.8) is 0 Å². The molecule has 1 aromatic carbocycles. The van der Waals surface area contributed by atoms with Crippen LogP contribution < -0.4 is 15.9 Å². The van der Waals surface area contributed by atoms with Crippen molar-refractivity contribution in [1.82, 2.24) is 9.13 Å². The summed E-state index contributed by atoms with van der Waals surface area (Å²) in [6.45, 7) is 0. The van der Waals surface area contributed by atoms with E-state index in [0.29, 0.717) is 5.69 Å². The highest BCUT2D eigenvalue weighted by Gasteiger charge is 2.13. The van der Waals surface area contributed by atoms with Crippen molar-refractivity contribution < 1.29 is 0 Å². The van der Waals surface area contributed by atoms with Crippen molar-refractivity contribution in [2.24, 2.45) is 14.1 Å². The normalized spacial score (nSPS) is 9.91. The third-order valence-electron chi connectivity index (χ3n) is 3.48. The first-order chi connectivity index (χ1) is 10.4. The highest BCUT2D eigenvalue weighted by Crippen LogP contribution is 2.29. The average molecular weight is 296 g/mol. The van der Waals surface area contributed by atoms with Gasteiger partial charge in [-0.25, -0.2) is 4.79 Å². The van der Waals surface area contributed by atoms with Gasteiger partial charge in [0.2, 0.25) is 0 Å². The van der Waals surface area contributed by atoms with Crippen molar-refractivity contribution in [2.75, 3.05) is 24.3 Å². The van der Waals surface area contributed by atoms with Crippen LogP contribution in [0, 0.1) is 22.7 Å². The summed E-state index contributed by atoms with van der Waals surface area (Å²) >= 11 is 0. The first kappa shape index (κ1) is 15.2. The average Bonchev–Trinajstić information content (AvgIpc) is 2.72. The molecule has 0 saturated carbocycles. The molecule has 22 heavy (non-hydrogen) atoms. The molecule has 0 fully saturated rings. The summed E-state index contributed by atoms with van der Waals surface area (Å²) in [6.07, 6.45) is 1.36. The molecular formula is C15H16N6O. The molecule has 0 bridgehead atoms. The smallest absolute Gasteiger partial charge is 0.328 e. The summed E-state index contributed by atoms with van der Waals surface area (Å²) in [5.74, 6) is 0. The molecule has 0 aliphatic heterocycles. The van der Waals surface area contributed by atoms with Gasteiger partial charge in [0, 0.05) is 34.4 Å². The topological polar surface area (TPSA) is 89.8 Å². The second kappa shape index (κ2) is 5.66. The van der Waals surface area contributed by atoms with Crippen LogP contribution in [0.4, 0.5) is 11.4 Å². The molecule has 0 radical (unpaired) electrons. The van der Waals surface area contributed by atoms with Crippen molar-refractivity contribution in [3.8, 4) is 12.1 Å². The fourth-order valence-electron chi connectivity index (χ4n) is 2.26. The van der Waals surface area contributed by atoms with Crippen LogP contribution in [0.5, 0.6) is 0 Å². The van der Waals surface area contributed by atoms with E-state index < -0.39 is 0 Å². The Morgan fingerprint density at radius 3 is 2.23 bits per heavy atom. The number of imidazole rings is 1. The predicted octanol–water partition coefficient (Wildman–Crippen LogP) is 1.29. The van der Waals surface area contributed by atoms with Crippen molar-refractivity contribution in [3.05, 3.63) is 34.4 Å². The van der Waals surface area contributed by atoms with E-state index in [1.54, 1.807) is 35.4 Å². The molecule has 2 aromatic rings. The van der Waals surface area contributed by atoms with Crippen LogP contribution in [0.15, 0.2) is 28.7 Å². The van der Waals surface area contributed by atoms with E-state index in [9.17, 15) is 4.79 Å². The van der Waals surface area contributed by atoms with Gasteiger partial charge in [0.15, 0.2) is 0 Å². The SMILES string of the molecule is CN(C)c1cc2c(cc1NC=C(C#N)C#N)n(C)c(=O)n2C. The number of hydrogen-bond acceptors (Lipinski definition) is 5. The van der Waals surface area contributed by atoms with E-state index in [2.05, 4.69) is 5.32 Å². The molecule has 0 amide bonds.